The molecule has 4 rings (SSSR count). The molecule has 0 unspecified atom stereocenters. The molecule has 1 aliphatic rings. The van der Waals surface area contributed by atoms with E-state index in [2.05, 4.69) is 20.1 Å². The number of hydrogen-bond acceptors (Lipinski definition) is 7. The number of rotatable bonds is 3. The number of carbonyl (C=O) groups excluding carboxylic acids is 1. The van der Waals surface area contributed by atoms with Crippen LogP contribution in [0, 0.1) is 6.92 Å². The van der Waals surface area contributed by atoms with Crippen LogP contribution in [0.1, 0.15) is 39.9 Å². The first-order valence-corrected chi connectivity index (χ1v) is 9.03. The number of carbonyl (C=O) groups is 1. The molecule has 0 saturated carbocycles. The second kappa shape index (κ2) is 6.72. The molecule has 0 spiro atoms. The number of amides is 1. The number of thiazole rings is 1. The van der Waals surface area contributed by atoms with Crippen molar-refractivity contribution in [3.05, 3.63) is 46.4 Å². The summed E-state index contributed by atoms with van der Waals surface area (Å²) in [5.41, 5.74) is 3.38. The van der Waals surface area contributed by atoms with Crippen LogP contribution < -0.4 is 0 Å². The quantitative estimate of drug-likeness (QED) is 0.718. The SMILES string of the molecule is Cc1ncsc1C(=O)N1CCC(c2noc(-c3ccncc3)n2)CC1. The topological polar surface area (TPSA) is 85.0 Å². The first kappa shape index (κ1) is 15.9. The zero-order chi connectivity index (χ0) is 17.2. The number of pyridine rings is 1. The lowest BCUT2D eigenvalue weighted by molar-refractivity contribution is 0.0714. The molecule has 3 aromatic rings. The van der Waals surface area contributed by atoms with Crippen LogP contribution in [0.25, 0.3) is 11.5 Å². The average Bonchev–Trinajstić information content (AvgIpc) is 3.31. The second-order valence-corrected chi connectivity index (χ2v) is 6.88. The van der Waals surface area contributed by atoms with Gasteiger partial charge in [0.2, 0.25) is 0 Å². The molecule has 0 atom stereocenters. The maximum absolute atomic E-state index is 12.6. The van der Waals surface area contributed by atoms with Gasteiger partial charge < -0.3 is 9.42 Å². The molecule has 1 fully saturated rings. The lowest BCUT2D eigenvalue weighted by atomic mass is 9.96. The normalized spacial score (nSPS) is 15.5. The summed E-state index contributed by atoms with van der Waals surface area (Å²) in [6, 6.07) is 3.69. The Morgan fingerprint density at radius 2 is 2.04 bits per heavy atom. The van der Waals surface area contributed by atoms with Gasteiger partial charge in [-0.15, -0.1) is 11.3 Å². The lowest BCUT2D eigenvalue weighted by Crippen LogP contribution is -2.38. The molecular weight excluding hydrogens is 338 g/mol. The Balaban J connectivity index is 1.42. The van der Waals surface area contributed by atoms with Gasteiger partial charge in [-0.3, -0.25) is 9.78 Å². The highest BCUT2D eigenvalue weighted by atomic mass is 32.1. The molecule has 1 aliphatic heterocycles. The van der Waals surface area contributed by atoms with Crippen LogP contribution in [0.15, 0.2) is 34.6 Å². The van der Waals surface area contributed by atoms with Gasteiger partial charge in [0.15, 0.2) is 5.82 Å². The molecule has 3 aromatic heterocycles. The van der Waals surface area contributed by atoms with E-state index in [1.54, 1.807) is 17.9 Å². The van der Waals surface area contributed by atoms with Crippen LogP contribution >= 0.6 is 11.3 Å². The summed E-state index contributed by atoms with van der Waals surface area (Å²) in [5.74, 6) is 1.51. The van der Waals surface area contributed by atoms with E-state index in [9.17, 15) is 4.79 Å². The van der Waals surface area contributed by atoms with Crippen molar-refractivity contribution in [2.75, 3.05) is 13.1 Å². The smallest absolute Gasteiger partial charge is 0.265 e. The van der Waals surface area contributed by atoms with Gasteiger partial charge in [-0.05, 0) is 31.9 Å². The molecule has 1 amide bonds. The summed E-state index contributed by atoms with van der Waals surface area (Å²) >= 11 is 1.40. The molecule has 0 aromatic carbocycles. The van der Waals surface area contributed by atoms with Crippen LogP contribution in [-0.4, -0.2) is 44.0 Å². The minimum absolute atomic E-state index is 0.0732. The summed E-state index contributed by atoms with van der Waals surface area (Å²) in [5, 5.41) is 4.13. The number of nitrogens with zero attached hydrogens (tertiary/aromatic N) is 5. The second-order valence-electron chi connectivity index (χ2n) is 6.03. The molecule has 128 valence electrons. The monoisotopic (exact) mass is 355 g/mol. The number of piperidine rings is 1. The van der Waals surface area contributed by atoms with Crippen LogP contribution in [0.3, 0.4) is 0 Å². The summed E-state index contributed by atoms with van der Waals surface area (Å²) in [4.78, 5) is 27.8. The van der Waals surface area contributed by atoms with E-state index < -0.39 is 0 Å². The fraction of sp³-hybridized carbons (Fsp3) is 0.353. The summed E-state index contributed by atoms with van der Waals surface area (Å²) < 4.78 is 5.38. The fourth-order valence-electron chi connectivity index (χ4n) is 3.00. The minimum Gasteiger partial charge on any atom is -0.338 e. The van der Waals surface area contributed by atoms with Gasteiger partial charge in [0.05, 0.1) is 11.2 Å². The van der Waals surface area contributed by atoms with E-state index in [-0.39, 0.29) is 11.8 Å². The van der Waals surface area contributed by atoms with E-state index in [0.717, 1.165) is 29.0 Å². The van der Waals surface area contributed by atoms with Gasteiger partial charge in [0, 0.05) is 37.0 Å². The third-order valence-corrected chi connectivity index (χ3v) is 5.37. The Labute approximate surface area is 148 Å². The Morgan fingerprint density at radius 1 is 1.28 bits per heavy atom. The molecule has 0 N–H and O–H groups in total. The van der Waals surface area contributed by atoms with E-state index in [4.69, 9.17) is 4.52 Å². The predicted molar refractivity (Wildman–Crippen MR) is 92.3 cm³/mol. The third kappa shape index (κ3) is 3.17. The van der Waals surface area contributed by atoms with Gasteiger partial charge in [0.1, 0.15) is 4.88 Å². The van der Waals surface area contributed by atoms with Crippen LogP contribution in [0.4, 0.5) is 0 Å². The molecule has 0 bridgehead atoms. The Bertz CT molecular complexity index is 868. The predicted octanol–water partition coefficient (Wildman–Crippen LogP) is 2.92. The first-order valence-electron chi connectivity index (χ1n) is 8.15. The van der Waals surface area contributed by atoms with Crippen molar-refractivity contribution < 1.29 is 9.32 Å². The van der Waals surface area contributed by atoms with E-state index >= 15 is 0 Å². The number of aromatic nitrogens is 4. The number of aryl methyl sites for hydroxylation is 1. The number of likely N-dealkylation sites (tertiary alicyclic amines) is 1. The van der Waals surface area contributed by atoms with Gasteiger partial charge in [-0.2, -0.15) is 4.98 Å². The summed E-state index contributed by atoms with van der Waals surface area (Å²) in [7, 11) is 0. The average molecular weight is 355 g/mol. The maximum atomic E-state index is 12.6. The van der Waals surface area contributed by atoms with Gasteiger partial charge in [-0.1, -0.05) is 5.16 Å². The fourth-order valence-corrected chi connectivity index (χ4v) is 3.77. The largest absolute Gasteiger partial charge is 0.338 e. The Kier molecular flexibility index (Phi) is 4.27. The molecule has 7 nitrogen and oxygen atoms in total. The zero-order valence-corrected chi connectivity index (χ0v) is 14.6. The van der Waals surface area contributed by atoms with Crippen molar-refractivity contribution in [3.8, 4) is 11.5 Å². The van der Waals surface area contributed by atoms with Crippen molar-refractivity contribution >= 4 is 17.2 Å². The third-order valence-electron chi connectivity index (χ3n) is 4.46. The van der Waals surface area contributed by atoms with Gasteiger partial charge >= 0.3 is 0 Å². The van der Waals surface area contributed by atoms with Crippen LogP contribution in [-0.2, 0) is 0 Å². The molecular formula is C17H17N5O2S. The van der Waals surface area contributed by atoms with E-state index in [1.165, 1.54) is 11.3 Å². The first-order chi connectivity index (χ1) is 12.2. The van der Waals surface area contributed by atoms with Crippen molar-refractivity contribution in [1.29, 1.82) is 0 Å². The molecule has 1 saturated heterocycles. The van der Waals surface area contributed by atoms with Gasteiger partial charge in [-0.25, -0.2) is 4.98 Å². The van der Waals surface area contributed by atoms with Crippen molar-refractivity contribution in [2.45, 2.75) is 25.7 Å². The van der Waals surface area contributed by atoms with Gasteiger partial charge in [0.25, 0.3) is 11.8 Å². The van der Waals surface area contributed by atoms with Crippen molar-refractivity contribution in [3.63, 3.8) is 0 Å². The summed E-state index contributed by atoms with van der Waals surface area (Å²) in [6.07, 6.45) is 5.06. The molecule has 0 radical (unpaired) electrons. The van der Waals surface area contributed by atoms with Crippen LogP contribution in [0.2, 0.25) is 0 Å². The van der Waals surface area contributed by atoms with Crippen molar-refractivity contribution in [1.82, 2.24) is 25.0 Å². The molecule has 0 aliphatic carbocycles. The molecule has 25 heavy (non-hydrogen) atoms. The van der Waals surface area contributed by atoms with E-state index in [1.807, 2.05) is 24.0 Å². The Hall–Kier alpha value is -2.61. The van der Waals surface area contributed by atoms with Crippen LogP contribution in [0.5, 0.6) is 0 Å². The highest BCUT2D eigenvalue weighted by molar-refractivity contribution is 7.11. The maximum Gasteiger partial charge on any atom is 0.265 e. The van der Waals surface area contributed by atoms with Crippen molar-refractivity contribution in [2.24, 2.45) is 0 Å². The minimum atomic E-state index is 0.0732. The lowest BCUT2D eigenvalue weighted by Gasteiger charge is -2.30. The highest BCUT2D eigenvalue weighted by Crippen LogP contribution is 2.29. The summed E-state index contributed by atoms with van der Waals surface area (Å²) in [6.45, 7) is 3.26. The molecule has 4 heterocycles. The Morgan fingerprint density at radius 3 is 2.72 bits per heavy atom. The standard InChI is InChI=1S/C17H17N5O2S/c1-11-14(25-10-19-11)17(23)22-8-4-12(5-9-22)15-20-16(24-21-15)13-2-6-18-7-3-13/h2-3,6-7,10,12H,4-5,8-9H2,1H3. The molecule has 8 heteroatoms. The highest BCUT2D eigenvalue weighted by Gasteiger charge is 2.28. The van der Waals surface area contributed by atoms with E-state index in [0.29, 0.717) is 24.8 Å². The number of hydrogen-bond donors (Lipinski definition) is 0. The zero-order valence-electron chi connectivity index (χ0n) is 13.8.